The smallest absolute Gasteiger partial charge is 0.195 e. The number of nitrogens with zero attached hydrogens (tertiary/aromatic N) is 1. The summed E-state index contributed by atoms with van der Waals surface area (Å²) < 4.78 is 24.2. The van der Waals surface area contributed by atoms with E-state index < -0.39 is 9.84 Å². The topological polar surface area (TPSA) is 47.0 Å². The molecular formula is C13H21NO2S. The zero-order valence-electron chi connectivity index (χ0n) is 10.8. The van der Waals surface area contributed by atoms with Crippen molar-refractivity contribution in [2.75, 3.05) is 5.75 Å². The molecule has 0 amide bonds. The minimum absolute atomic E-state index is 0.196. The molecule has 1 aromatic rings. The first kappa shape index (κ1) is 14.2. The Hall–Kier alpha value is -0.900. The van der Waals surface area contributed by atoms with Crippen molar-refractivity contribution >= 4 is 9.84 Å². The maximum absolute atomic E-state index is 12.1. The van der Waals surface area contributed by atoms with Crippen LogP contribution in [-0.4, -0.2) is 19.2 Å². The van der Waals surface area contributed by atoms with Gasteiger partial charge in [-0.1, -0.05) is 33.3 Å². The Morgan fingerprint density at radius 2 is 2.00 bits per heavy atom. The van der Waals surface area contributed by atoms with E-state index in [2.05, 4.69) is 18.8 Å². The van der Waals surface area contributed by atoms with Crippen LogP contribution in [0, 0.1) is 11.8 Å². The Labute approximate surface area is 104 Å². The van der Waals surface area contributed by atoms with Gasteiger partial charge in [0.15, 0.2) is 14.9 Å². The predicted octanol–water partition coefficient (Wildman–Crippen LogP) is 2.93. The molecule has 96 valence electrons. The summed E-state index contributed by atoms with van der Waals surface area (Å²) >= 11 is 0. The van der Waals surface area contributed by atoms with E-state index in [-0.39, 0.29) is 16.7 Å². The van der Waals surface area contributed by atoms with E-state index in [1.54, 1.807) is 18.2 Å². The first-order valence-corrected chi connectivity index (χ1v) is 7.74. The van der Waals surface area contributed by atoms with Crippen LogP contribution >= 0.6 is 0 Å². The van der Waals surface area contributed by atoms with Gasteiger partial charge in [-0.2, -0.15) is 0 Å². The van der Waals surface area contributed by atoms with Gasteiger partial charge in [0.1, 0.15) is 0 Å². The van der Waals surface area contributed by atoms with Gasteiger partial charge in [0.2, 0.25) is 0 Å². The molecule has 0 unspecified atom stereocenters. The lowest BCUT2D eigenvalue weighted by Crippen LogP contribution is -2.18. The standard InChI is InChI=1S/C13H21NO2S/c1-4-12(9-11(2)3)10-17(15,16)13-7-5-6-8-14-13/h5-8,11-12H,4,9-10H2,1-3H3/t12-/m1/s1. The Kier molecular flexibility index (Phi) is 5.12. The van der Waals surface area contributed by atoms with E-state index in [1.165, 1.54) is 6.20 Å². The van der Waals surface area contributed by atoms with Gasteiger partial charge in [0.25, 0.3) is 0 Å². The third-order valence-corrected chi connectivity index (χ3v) is 4.58. The Bertz CT molecular complexity index is 426. The van der Waals surface area contributed by atoms with Crippen molar-refractivity contribution in [3.63, 3.8) is 0 Å². The lowest BCUT2D eigenvalue weighted by atomic mass is 9.97. The average Bonchev–Trinajstić information content (AvgIpc) is 2.28. The summed E-state index contributed by atoms with van der Waals surface area (Å²) in [6.07, 6.45) is 3.36. The van der Waals surface area contributed by atoms with Gasteiger partial charge >= 0.3 is 0 Å². The first-order chi connectivity index (χ1) is 7.95. The van der Waals surface area contributed by atoms with E-state index in [0.29, 0.717) is 5.92 Å². The number of sulfone groups is 1. The highest BCUT2D eigenvalue weighted by Gasteiger charge is 2.21. The largest absolute Gasteiger partial charge is 0.245 e. The van der Waals surface area contributed by atoms with Crippen LogP contribution in [0.4, 0.5) is 0 Å². The van der Waals surface area contributed by atoms with Gasteiger partial charge in [-0.25, -0.2) is 13.4 Å². The van der Waals surface area contributed by atoms with Crippen LogP contribution in [0.5, 0.6) is 0 Å². The molecule has 1 atom stereocenters. The van der Waals surface area contributed by atoms with Crippen molar-refractivity contribution in [1.82, 2.24) is 4.98 Å². The van der Waals surface area contributed by atoms with Crippen molar-refractivity contribution in [2.24, 2.45) is 11.8 Å². The molecule has 0 saturated carbocycles. The number of pyridine rings is 1. The summed E-state index contributed by atoms with van der Waals surface area (Å²) in [7, 11) is -3.23. The van der Waals surface area contributed by atoms with Crippen molar-refractivity contribution in [2.45, 2.75) is 38.6 Å². The second-order valence-electron chi connectivity index (χ2n) is 4.85. The summed E-state index contributed by atoms with van der Waals surface area (Å²) in [5.74, 6) is 0.958. The highest BCUT2D eigenvalue weighted by Crippen LogP contribution is 2.20. The van der Waals surface area contributed by atoms with E-state index in [9.17, 15) is 8.42 Å². The monoisotopic (exact) mass is 255 g/mol. The van der Waals surface area contributed by atoms with Crippen LogP contribution in [0.25, 0.3) is 0 Å². The third-order valence-electron chi connectivity index (χ3n) is 2.79. The highest BCUT2D eigenvalue weighted by molar-refractivity contribution is 7.91. The molecule has 0 aliphatic rings. The SMILES string of the molecule is CC[C@H](CC(C)C)CS(=O)(=O)c1ccccn1. The molecule has 0 bridgehead atoms. The minimum Gasteiger partial charge on any atom is -0.245 e. The van der Waals surface area contributed by atoms with Gasteiger partial charge in [-0.3, -0.25) is 0 Å². The summed E-state index contributed by atoms with van der Waals surface area (Å²) in [6, 6.07) is 5.01. The molecule has 0 radical (unpaired) electrons. The summed E-state index contributed by atoms with van der Waals surface area (Å²) in [5, 5.41) is 0.196. The summed E-state index contributed by atoms with van der Waals surface area (Å²) in [5.41, 5.74) is 0. The van der Waals surface area contributed by atoms with Gasteiger partial charge in [0, 0.05) is 6.20 Å². The second-order valence-corrected chi connectivity index (χ2v) is 6.83. The quantitative estimate of drug-likeness (QED) is 0.785. The fourth-order valence-corrected chi connectivity index (χ4v) is 3.62. The van der Waals surface area contributed by atoms with Crippen molar-refractivity contribution in [1.29, 1.82) is 0 Å². The fourth-order valence-electron chi connectivity index (χ4n) is 1.95. The average molecular weight is 255 g/mol. The molecular weight excluding hydrogens is 234 g/mol. The van der Waals surface area contributed by atoms with Crippen LogP contribution in [0.3, 0.4) is 0 Å². The lowest BCUT2D eigenvalue weighted by molar-refractivity contribution is 0.426. The molecule has 0 spiro atoms. The highest BCUT2D eigenvalue weighted by atomic mass is 32.2. The summed E-state index contributed by atoms with van der Waals surface area (Å²) in [6.45, 7) is 6.28. The maximum atomic E-state index is 12.1. The van der Waals surface area contributed by atoms with Crippen LogP contribution in [0.15, 0.2) is 29.4 Å². The predicted molar refractivity (Wildman–Crippen MR) is 69.5 cm³/mol. The van der Waals surface area contributed by atoms with Crippen LogP contribution in [0.2, 0.25) is 0 Å². The molecule has 17 heavy (non-hydrogen) atoms. The van der Waals surface area contributed by atoms with E-state index >= 15 is 0 Å². The van der Waals surface area contributed by atoms with Gasteiger partial charge in [0.05, 0.1) is 5.75 Å². The molecule has 0 aromatic carbocycles. The molecule has 0 fully saturated rings. The number of aromatic nitrogens is 1. The van der Waals surface area contributed by atoms with Gasteiger partial charge < -0.3 is 0 Å². The maximum Gasteiger partial charge on any atom is 0.195 e. The molecule has 0 N–H and O–H groups in total. The van der Waals surface area contributed by atoms with Crippen molar-refractivity contribution < 1.29 is 8.42 Å². The zero-order valence-corrected chi connectivity index (χ0v) is 11.6. The fraction of sp³-hybridized carbons (Fsp3) is 0.615. The molecule has 1 heterocycles. The Morgan fingerprint density at radius 3 is 2.47 bits per heavy atom. The van der Waals surface area contributed by atoms with E-state index in [1.807, 2.05) is 6.92 Å². The molecule has 3 nitrogen and oxygen atoms in total. The molecule has 1 aromatic heterocycles. The molecule has 0 saturated heterocycles. The zero-order chi connectivity index (χ0) is 12.9. The Morgan fingerprint density at radius 1 is 1.29 bits per heavy atom. The second kappa shape index (κ2) is 6.15. The van der Waals surface area contributed by atoms with Crippen LogP contribution in [0.1, 0.15) is 33.6 Å². The third kappa shape index (κ3) is 4.46. The van der Waals surface area contributed by atoms with Crippen molar-refractivity contribution in [3.05, 3.63) is 24.4 Å². The van der Waals surface area contributed by atoms with Gasteiger partial charge in [-0.15, -0.1) is 0 Å². The molecule has 0 aliphatic carbocycles. The normalized spacial score (nSPS) is 13.9. The molecule has 4 heteroatoms. The van der Waals surface area contributed by atoms with Crippen LogP contribution < -0.4 is 0 Å². The lowest BCUT2D eigenvalue weighted by Gasteiger charge is -2.16. The van der Waals surface area contributed by atoms with E-state index in [4.69, 9.17) is 0 Å². The summed E-state index contributed by atoms with van der Waals surface area (Å²) in [4.78, 5) is 3.93. The minimum atomic E-state index is -3.23. The number of rotatable bonds is 6. The first-order valence-electron chi connectivity index (χ1n) is 6.09. The van der Waals surface area contributed by atoms with Crippen molar-refractivity contribution in [3.8, 4) is 0 Å². The van der Waals surface area contributed by atoms with Crippen LogP contribution in [-0.2, 0) is 9.84 Å². The van der Waals surface area contributed by atoms with E-state index in [0.717, 1.165) is 12.8 Å². The number of hydrogen-bond acceptors (Lipinski definition) is 3. The molecule has 1 rings (SSSR count). The van der Waals surface area contributed by atoms with Gasteiger partial charge in [-0.05, 0) is 30.4 Å². The number of hydrogen-bond donors (Lipinski definition) is 0. The molecule has 0 aliphatic heterocycles. The Balaban J connectivity index is 2.79.